The molecule has 0 aliphatic carbocycles. The van der Waals surface area contributed by atoms with Crippen molar-refractivity contribution < 1.29 is 14.3 Å². The molecular formula is C14H20N2O3. The number of nitrogen functional groups attached to an aromatic ring is 1. The van der Waals surface area contributed by atoms with Crippen LogP contribution in [-0.4, -0.2) is 30.8 Å². The molecule has 1 fully saturated rings. The molecule has 2 atom stereocenters. The maximum absolute atomic E-state index is 11.9. The monoisotopic (exact) mass is 264 g/mol. The Labute approximate surface area is 113 Å². The molecule has 1 saturated heterocycles. The number of anilines is 1. The number of nitrogens with two attached hydrogens (primary N) is 1. The van der Waals surface area contributed by atoms with Gasteiger partial charge in [0.05, 0.1) is 11.6 Å². The molecule has 0 spiro atoms. The lowest BCUT2D eigenvalue weighted by molar-refractivity contribution is -0.125. The van der Waals surface area contributed by atoms with Crippen molar-refractivity contribution in [3.63, 3.8) is 0 Å². The van der Waals surface area contributed by atoms with Gasteiger partial charge in [-0.1, -0.05) is 6.07 Å². The van der Waals surface area contributed by atoms with E-state index in [1.165, 1.54) is 0 Å². The number of nitrogens with one attached hydrogen (secondary N) is 1. The number of hydrogen-bond acceptors (Lipinski definition) is 4. The van der Waals surface area contributed by atoms with Crippen LogP contribution in [0.5, 0.6) is 5.75 Å². The lowest BCUT2D eigenvalue weighted by Gasteiger charge is -2.28. The molecule has 0 saturated carbocycles. The van der Waals surface area contributed by atoms with Crippen LogP contribution in [-0.2, 0) is 9.53 Å². The van der Waals surface area contributed by atoms with Crippen molar-refractivity contribution in [3.05, 3.63) is 24.3 Å². The van der Waals surface area contributed by atoms with Crippen LogP contribution in [0.2, 0.25) is 0 Å². The number of rotatable bonds is 4. The Bertz CT molecular complexity index is 464. The van der Waals surface area contributed by atoms with Crippen LogP contribution in [0.15, 0.2) is 24.3 Å². The fourth-order valence-corrected chi connectivity index (χ4v) is 2.11. The second-order valence-corrected chi connectivity index (χ2v) is 5.09. The molecule has 1 aliphatic heterocycles. The highest BCUT2D eigenvalue weighted by atomic mass is 16.5. The van der Waals surface area contributed by atoms with Crippen molar-refractivity contribution >= 4 is 11.6 Å². The SMILES string of the molecule is CC1OCCC1(C)NC(=O)COc1cccc(N)c1. The molecule has 5 heteroatoms. The minimum absolute atomic E-state index is 0.0174. The van der Waals surface area contributed by atoms with E-state index in [0.717, 1.165) is 6.42 Å². The molecular weight excluding hydrogens is 244 g/mol. The lowest BCUT2D eigenvalue weighted by Crippen LogP contribution is -2.52. The predicted octanol–water partition coefficient (Wildman–Crippen LogP) is 1.33. The Morgan fingerprint density at radius 3 is 3.05 bits per heavy atom. The number of hydrogen-bond donors (Lipinski definition) is 2. The number of benzene rings is 1. The van der Waals surface area contributed by atoms with Gasteiger partial charge in [0, 0.05) is 18.4 Å². The van der Waals surface area contributed by atoms with Crippen LogP contribution < -0.4 is 15.8 Å². The predicted molar refractivity (Wildman–Crippen MR) is 72.9 cm³/mol. The molecule has 1 amide bonds. The molecule has 1 aromatic rings. The molecule has 2 unspecified atom stereocenters. The summed E-state index contributed by atoms with van der Waals surface area (Å²) < 4.78 is 10.9. The van der Waals surface area contributed by atoms with E-state index in [1.807, 2.05) is 13.8 Å². The molecule has 5 nitrogen and oxygen atoms in total. The van der Waals surface area contributed by atoms with Gasteiger partial charge in [-0.15, -0.1) is 0 Å². The average Bonchev–Trinajstić information content (AvgIpc) is 2.67. The van der Waals surface area contributed by atoms with E-state index < -0.39 is 0 Å². The topological polar surface area (TPSA) is 73.6 Å². The minimum Gasteiger partial charge on any atom is -0.484 e. The van der Waals surface area contributed by atoms with E-state index in [-0.39, 0.29) is 24.2 Å². The molecule has 1 heterocycles. The second-order valence-electron chi connectivity index (χ2n) is 5.09. The summed E-state index contributed by atoms with van der Waals surface area (Å²) in [7, 11) is 0. The first kappa shape index (κ1) is 13.7. The highest BCUT2D eigenvalue weighted by Gasteiger charge is 2.38. The fraction of sp³-hybridized carbons (Fsp3) is 0.500. The largest absolute Gasteiger partial charge is 0.484 e. The Morgan fingerprint density at radius 2 is 2.42 bits per heavy atom. The summed E-state index contributed by atoms with van der Waals surface area (Å²) in [5, 5.41) is 2.97. The van der Waals surface area contributed by atoms with Gasteiger partial charge in [0.25, 0.3) is 5.91 Å². The molecule has 1 aliphatic rings. The summed E-state index contributed by atoms with van der Waals surface area (Å²) in [5.74, 6) is 0.443. The van der Waals surface area contributed by atoms with E-state index in [0.29, 0.717) is 18.0 Å². The maximum atomic E-state index is 11.9. The summed E-state index contributed by atoms with van der Waals surface area (Å²) in [6.07, 6.45) is 0.835. The van der Waals surface area contributed by atoms with Gasteiger partial charge in [0.2, 0.25) is 0 Å². The highest BCUT2D eigenvalue weighted by molar-refractivity contribution is 5.78. The van der Waals surface area contributed by atoms with Crippen molar-refractivity contribution in [1.82, 2.24) is 5.32 Å². The van der Waals surface area contributed by atoms with E-state index in [4.69, 9.17) is 15.2 Å². The van der Waals surface area contributed by atoms with Gasteiger partial charge in [-0.2, -0.15) is 0 Å². The third-order valence-electron chi connectivity index (χ3n) is 3.54. The third kappa shape index (κ3) is 3.38. The van der Waals surface area contributed by atoms with E-state index in [2.05, 4.69) is 5.32 Å². The molecule has 0 bridgehead atoms. The van der Waals surface area contributed by atoms with Crippen molar-refractivity contribution in [1.29, 1.82) is 0 Å². The van der Waals surface area contributed by atoms with Crippen molar-refractivity contribution in [2.75, 3.05) is 18.9 Å². The van der Waals surface area contributed by atoms with E-state index in [1.54, 1.807) is 24.3 Å². The quantitative estimate of drug-likeness (QED) is 0.805. The molecule has 3 N–H and O–H groups in total. The highest BCUT2D eigenvalue weighted by Crippen LogP contribution is 2.24. The van der Waals surface area contributed by atoms with Gasteiger partial charge in [-0.3, -0.25) is 4.79 Å². The van der Waals surface area contributed by atoms with E-state index in [9.17, 15) is 4.79 Å². The maximum Gasteiger partial charge on any atom is 0.258 e. The average molecular weight is 264 g/mol. The summed E-state index contributed by atoms with van der Waals surface area (Å²) in [6.45, 7) is 4.61. The molecule has 0 aromatic heterocycles. The van der Waals surface area contributed by atoms with Crippen molar-refractivity contribution in [2.45, 2.75) is 31.9 Å². The summed E-state index contributed by atoms with van der Waals surface area (Å²) in [5.41, 5.74) is 5.94. The zero-order valence-electron chi connectivity index (χ0n) is 11.3. The molecule has 2 rings (SSSR count). The summed E-state index contributed by atoms with van der Waals surface area (Å²) in [6, 6.07) is 7.02. The first-order valence-corrected chi connectivity index (χ1v) is 6.40. The number of ether oxygens (including phenoxy) is 2. The number of carbonyl (C=O) groups excluding carboxylic acids is 1. The molecule has 19 heavy (non-hydrogen) atoms. The van der Waals surface area contributed by atoms with Gasteiger partial charge in [-0.25, -0.2) is 0 Å². The Hall–Kier alpha value is -1.75. The van der Waals surface area contributed by atoms with Gasteiger partial charge in [0.15, 0.2) is 6.61 Å². The van der Waals surface area contributed by atoms with Crippen LogP contribution in [0.3, 0.4) is 0 Å². The molecule has 104 valence electrons. The standard InChI is InChI=1S/C14H20N2O3/c1-10-14(2,6-7-18-10)16-13(17)9-19-12-5-3-4-11(15)8-12/h3-5,8,10H,6-7,9,15H2,1-2H3,(H,16,17). The normalized spacial score (nSPS) is 26.1. The fourth-order valence-electron chi connectivity index (χ4n) is 2.11. The van der Waals surface area contributed by atoms with Crippen LogP contribution >= 0.6 is 0 Å². The van der Waals surface area contributed by atoms with Crippen LogP contribution in [0.4, 0.5) is 5.69 Å². The van der Waals surface area contributed by atoms with Gasteiger partial charge in [-0.05, 0) is 32.4 Å². The first-order chi connectivity index (χ1) is 8.99. The van der Waals surface area contributed by atoms with Gasteiger partial charge in [0.1, 0.15) is 5.75 Å². The van der Waals surface area contributed by atoms with Gasteiger partial charge < -0.3 is 20.5 Å². The van der Waals surface area contributed by atoms with Crippen LogP contribution in [0.1, 0.15) is 20.3 Å². The van der Waals surface area contributed by atoms with Crippen molar-refractivity contribution in [2.24, 2.45) is 0 Å². The van der Waals surface area contributed by atoms with Crippen molar-refractivity contribution in [3.8, 4) is 5.75 Å². The summed E-state index contributed by atoms with van der Waals surface area (Å²) in [4.78, 5) is 11.9. The zero-order chi connectivity index (χ0) is 13.9. The van der Waals surface area contributed by atoms with E-state index >= 15 is 0 Å². The minimum atomic E-state index is -0.309. The first-order valence-electron chi connectivity index (χ1n) is 6.40. The van der Waals surface area contributed by atoms with Crippen LogP contribution in [0.25, 0.3) is 0 Å². The number of carbonyl (C=O) groups is 1. The second kappa shape index (κ2) is 5.48. The molecule has 1 aromatic carbocycles. The van der Waals surface area contributed by atoms with Crippen LogP contribution in [0, 0.1) is 0 Å². The van der Waals surface area contributed by atoms with Gasteiger partial charge >= 0.3 is 0 Å². The lowest BCUT2D eigenvalue weighted by atomic mass is 9.95. The molecule has 0 radical (unpaired) electrons. The Kier molecular flexibility index (Phi) is 3.95. The Morgan fingerprint density at radius 1 is 1.63 bits per heavy atom. The summed E-state index contributed by atoms with van der Waals surface area (Å²) >= 11 is 0. The smallest absolute Gasteiger partial charge is 0.258 e. The third-order valence-corrected chi connectivity index (χ3v) is 3.54. The zero-order valence-corrected chi connectivity index (χ0v) is 11.3. The number of amides is 1. The Balaban J connectivity index is 1.85.